The monoisotopic (exact) mass is 218 g/mol. The number of aryl methyl sites for hydroxylation is 1. The van der Waals surface area contributed by atoms with Gasteiger partial charge in [0.1, 0.15) is 0 Å². The zero-order valence-corrected chi connectivity index (χ0v) is 8.58. The fourth-order valence-corrected chi connectivity index (χ4v) is 1.22. The predicted molar refractivity (Wildman–Crippen MR) is 57.6 cm³/mol. The first-order valence-electron chi connectivity index (χ1n) is 4.53. The highest BCUT2D eigenvalue weighted by molar-refractivity contribution is 6.05. The quantitative estimate of drug-likeness (QED) is 0.741. The Morgan fingerprint density at radius 1 is 1.50 bits per heavy atom. The smallest absolute Gasteiger partial charge is 0.279 e. The molecule has 2 aromatic heterocycles. The van der Waals surface area contributed by atoms with Crippen LogP contribution in [0.15, 0.2) is 24.8 Å². The van der Waals surface area contributed by atoms with Crippen molar-refractivity contribution in [1.82, 2.24) is 19.7 Å². The lowest BCUT2D eigenvalue weighted by Crippen LogP contribution is -2.15. The number of hydrogen-bond donors (Lipinski definition) is 2. The van der Waals surface area contributed by atoms with E-state index < -0.39 is 5.91 Å². The van der Waals surface area contributed by atoms with E-state index >= 15 is 0 Å². The molecule has 0 aliphatic carbocycles. The molecule has 2 heterocycles. The summed E-state index contributed by atoms with van der Waals surface area (Å²) in [5, 5.41) is 6.48. The number of anilines is 2. The molecule has 0 aromatic carbocycles. The molecule has 2 aromatic rings. The van der Waals surface area contributed by atoms with Crippen molar-refractivity contribution in [3.63, 3.8) is 0 Å². The molecule has 2 rings (SSSR count). The number of hydrogen-bond acceptors (Lipinski definition) is 5. The minimum Gasteiger partial charge on any atom is -0.396 e. The van der Waals surface area contributed by atoms with Crippen molar-refractivity contribution in [3.8, 4) is 0 Å². The zero-order valence-electron chi connectivity index (χ0n) is 8.58. The molecule has 82 valence electrons. The first-order chi connectivity index (χ1) is 7.66. The molecule has 0 bridgehead atoms. The van der Waals surface area contributed by atoms with Gasteiger partial charge < -0.3 is 11.1 Å². The van der Waals surface area contributed by atoms with Gasteiger partial charge >= 0.3 is 0 Å². The highest BCUT2D eigenvalue weighted by atomic mass is 16.2. The largest absolute Gasteiger partial charge is 0.396 e. The van der Waals surface area contributed by atoms with E-state index in [9.17, 15) is 4.79 Å². The topological polar surface area (TPSA) is 98.7 Å². The Bertz CT molecular complexity index is 506. The van der Waals surface area contributed by atoms with Crippen LogP contribution in [0.3, 0.4) is 0 Å². The fourth-order valence-electron chi connectivity index (χ4n) is 1.22. The summed E-state index contributed by atoms with van der Waals surface area (Å²) in [6.45, 7) is 0. The summed E-state index contributed by atoms with van der Waals surface area (Å²) in [5.74, 6) is -0.0452. The number of aromatic nitrogens is 4. The van der Waals surface area contributed by atoms with Gasteiger partial charge in [-0.25, -0.2) is 4.98 Å². The number of nitrogens with two attached hydrogens (primary N) is 1. The predicted octanol–water partition coefficient (Wildman–Crippen LogP) is 0.0446. The molecular weight excluding hydrogens is 208 g/mol. The van der Waals surface area contributed by atoms with Gasteiger partial charge in [0.2, 0.25) is 0 Å². The van der Waals surface area contributed by atoms with Gasteiger partial charge in [-0.1, -0.05) is 0 Å². The summed E-state index contributed by atoms with van der Waals surface area (Å²) < 4.78 is 1.47. The molecule has 0 aliphatic heterocycles. The molecule has 0 atom stereocenters. The second-order valence-electron chi connectivity index (χ2n) is 3.15. The average Bonchev–Trinajstić information content (AvgIpc) is 2.59. The first kappa shape index (κ1) is 10.1. The van der Waals surface area contributed by atoms with Crippen LogP contribution in [-0.4, -0.2) is 25.7 Å². The Hall–Kier alpha value is -2.44. The molecule has 1 amide bonds. The summed E-state index contributed by atoms with van der Waals surface area (Å²) in [5.41, 5.74) is 6.11. The molecule has 0 saturated heterocycles. The molecule has 0 unspecified atom stereocenters. The minimum atomic E-state index is -0.404. The van der Waals surface area contributed by atoms with Crippen molar-refractivity contribution < 1.29 is 4.79 Å². The molecule has 16 heavy (non-hydrogen) atoms. The number of nitrogens with zero attached hydrogens (tertiary/aromatic N) is 4. The van der Waals surface area contributed by atoms with E-state index in [0.717, 1.165) is 0 Å². The van der Waals surface area contributed by atoms with E-state index in [4.69, 9.17) is 5.73 Å². The molecular formula is C9H10N6O. The van der Waals surface area contributed by atoms with Crippen molar-refractivity contribution in [1.29, 1.82) is 0 Å². The fraction of sp³-hybridized carbons (Fsp3) is 0.111. The lowest BCUT2D eigenvalue weighted by molar-refractivity contribution is 0.102. The molecule has 0 aliphatic rings. The Morgan fingerprint density at radius 2 is 2.31 bits per heavy atom. The van der Waals surface area contributed by atoms with E-state index in [1.807, 2.05) is 0 Å². The second-order valence-corrected chi connectivity index (χ2v) is 3.15. The maximum atomic E-state index is 11.7. The van der Waals surface area contributed by atoms with Crippen LogP contribution in [0.25, 0.3) is 0 Å². The standard InChI is InChI=1S/C9H10N6O/c1-15-5-6(10)8(14-15)9(16)13-7-4-11-2-3-12-7/h2-5H,10H2,1H3,(H,12,13,16). The van der Waals surface area contributed by atoms with Gasteiger partial charge in [-0.3, -0.25) is 14.5 Å². The van der Waals surface area contributed by atoms with Crippen molar-refractivity contribution in [2.45, 2.75) is 0 Å². The number of carbonyl (C=O) groups excluding carboxylic acids is 1. The molecule has 0 radical (unpaired) electrons. The van der Waals surface area contributed by atoms with Gasteiger partial charge in [0.25, 0.3) is 5.91 Å². The van der Waals surface area contributed by atoms with Crippen LogP contribution in [-0.2, 0) is 7.05 Å². The molecule has 7 heteroatoms. The Kier molecular flexibility index (Phi) is 2.50. The zero-order chi connectivity index (χ0) is 11.5. The van der Waals surface area contributed by atoms with Crippen LogP contribution < -0.4 is 11.1 Å². The van der Waals surface area contributed by atoms with Crippen LogP contribution in [0.5, 0.6) is 0 Å². The Morgan fingerprint density at radius 3 is 2.88 bits per heavy atom. The van der Waals surface area contributed by atoms with Crippen LogP contribution in [0.2, 0.25) is 0 Å². The molecule has 3 N–H and O–H groups in total. The summed E-state index contributed by atoms with van der Waals surface area (Å²) >= 11 is 0. The van der Waals surface area contributed by atoms with Gasteiger partial charge in [0, 0.05) is 25.6 Å². The summed E-state index contributed by atoms with van der Waals surface area (Å²) in [6.07, 6.45) is 6.00. The van der Waals surface area contributed by atoms with Crippen LogP contribution in [0, 0.1) is 0 Å². The Labute approximate surface area is 91.3 Å². The lowest BCUT2D eigenvalue weighted by atomic mass is 10.3. The van der Waals surface area contributed by atoms with Gasteiger partial charge in [-0.05, 0) is 0 Å². The van der Waals surface area contributed by atoms with E-state index in [1.165, 1.54) is 23.3 Å². The SMILES string of the molecule is Cn1cc(N)c(C(=O)Nc2cnccn2)n1. The maximum absolute atomic E-state index is 11.7. The summed E-state index contributed by atoms with van der Waals surface area (Å²) in [6, 6.07) is 0. The van der Waals surface area contributed by atoms with Gasteiger partial charge in [0.05, 0.1) is 11.9 Å². The number of carbonyl (C=O) groups is 1. The number of rotatable bonds is 2. The third-order valence-electron chi connectivity index (χ3n) is 1.88. The van der Waals surface area contributed by atoms with E-state index in [2.05, 4.69) is 20.4 Å². The highest BCUT2D eigenvalue weighted by Gasteiger charge is 2.14. The summed E-state index contributed by atoms with van der Waals surface area (Å²) in [7, 11) is 1.69. The van der Waals surface area contributed by atoms with Gasteiger partial charge in [-0.2, -0.15) is 5.10 Å². The third-order valence-corrected chi connectivity index (χ3v) is 1.88. The van der Waals surface area contributed by atoms with Crippen LogP contribution >= 0.6 is 0 Å². The molecule has 0 spiro atoms. The number of nitrogens with one attached hydrogen (secondary N) is 1. The van der Waals surface area contributed by atoms with Crippen molar-refractivity contribution in [2.75, 3.05) is 11.1 Å². The maximum Gasteiger partial charge on any atom is 0.279 e. The van der Waals surface area contributed by atoms with Crippen molar-refractivity contribution in [3.05, 3.63) is 30.5 Å². The first-order valence-corrected chi connectivity index (χ1v) is 4.53. The summed E-state index contributed by atoms with van der Waals surface area (Å²) in [4.78, 5) is 19.4. The molecule has 0 fully saturated rings. The van der Waals surface area contributed by atoms with E-state index in [-0.39, 0.29) is 5.69 Å². The van der Waals surface area contributed by atoms with Crippen LogP contribution in [0.1, 0.15) is 10.5 Å². The van der Waals surface area contributed by atoms with Crippen molar-refractivity contribution >= 4 is 17.4 Å². The van der Waals surface area contributed by atoms with Crippen LogP contribution in [0.4, 0.5) is 11.5 Å². The molecule has 7 nitrogen and oxygen atoms in total. The van der Waals surface area contributed by atoms with E-state index in [1.54, 1.807) is 13.2 Å². The van der Waals surface area contributed by atoms with Gasteiger partial charge in [-0.15, -0.1) is 0 Å². The number of nitrogen functional groups attached to an aromatic ring is 1. The molecule has 0 saturated carbocycles. The Balaban J connectivity index is 2.18. The highest BCUT2D eigenvalue weighted by Crippen LogP contribution is 2.10. The lowest BCUT2D eigenvalue weighted by Gasteiger charge is -2.00. The second kappa shape index (κ2) is 3.97. The van der Waals surface area contributed by atoms with E-state index in [0.29, 0.717) is 11.5 Å². The third kappa shape index (κ3) is 1.97. The van der Waals surface area contributed by atoms with Crippen molar-refractivity contribution in [2.24, 2.45) is 7.05 Å². The minimum absolute atomic E-state index is 0.174. The number of amides is 1. The van der Waals surface area contributed by atoms with Gasteiger partial charge in [0.15, 0.2) is 11.5 Å². The normalized spacial score (nSPS) is 10.1. The average molecular weight is 218 g/mol.